The van der Waals surface area contributed by atoms with Crippen molar-refractivity contribution in [3.8, 4) is 0 Å². The van der Waals surface area contributed by atoms with Crippen LogP contribution < -0.4 is 0 Å². The van der Waals surface area contributed by atoms with Gasteiger partial charge in [-0.3, -0.25) is 4.79 Å². The molecule has 1 N–H and O–H groups in total. The highest BCUT2D eigenvalue weighted by Gasteiger charge is 2.47. The van der Waals surface area contributed by atoms with Crippen LogP contribution in [0, 0.1) is 16.2 Å². The van der Waals surface area contributed by atoms with Crippen molar-refractivity contribution in [1.29, 1.82) is 0 Å². The van der Waals surface area contributed by atoms with Crippen LogP contribution in [-0.2, 0) is 14.3 Å². The lowest BCUT2D eigenvalue weighted by atomic mass is 9.61. The van der Waals surface area contributed by atoms with Crippen molar-refractivity contribution >= 4 is 11.9 Å². The van der Waals surface area contributed by atoms with Gasteiger partial charge in [-0.1, -0.05) is 41.5 Å². The Bertz CT molecular complexity index is 320. The van der Waals surface area contributed by atoms with E-state index < -0.39 is 24.0 Å². The number of carboxylic acid groups (broad SMARTS) is 1. The summed E-state index contributed by atoms with van der Waals surface area (Å²) in [7, 11) is 0. The van der Waals surface area contributed by atoms with Crippen molar-refractivity contribution in [3.05, 3.63) is 0 Å². The molecule has 0 fully saturated rings. The number of hydrogen-bond donors (Lipinski definition) is 1. The predicted molar refractivity (Wildman–Crippen MR) is 70.2 cm³/mol. The second-order valence-corrected chi connectivity index (χ2v) is 7.29. The quantitative estimate of drug-likeness (QED) is 0.787. The van der Waals surface area contributed by atoms with Crippen LogP contribution >= 0.6 is 0 Å². The van der Waals surface area contributed by atoms with E-state index in [4.69, 9.17) is 9.84 Å². The van der Waals surface area contributed by atoms with E-state index in [2.05, 4.69) is 20.8 Å². The molecule has 0 aromatic rings. The number of carbonyl (C=O) groups is 2. The summed E-state index contributed by atoms with van der Waals surface area (Å²) in [5.41, 5.74) is -1.04. The third-order valence-electron chi connectivity index (χ3n) is 3.32. The SMILES string of the molecule is CC(C)(C)CC(C)(C(=O)OCC(=O)O)C(C)(C)C. The lowest BCUT2D eigenvalue weighted by molar-refractivity contribution is -0.170. The second-order valence-electron chi connectivity index (χ2n) is 7.29. The highest BCUT2D eigenvalue weighted by molar-refractivity contribution is 5.80. The second kappa shape index (κ2) is 5.29. The molecule has 1 unspecified atom stereocenters. The average molecular weight is 258 g/mol. The Morgan fingerprint density at radius 3 is 1.72 bits per heavy atom. The Balaban J connectivity index is 5.11. The molecule has 106 valence electrons. The summed E-state index contributed by atoms with van der Waals surface area (Å²) in [6.07, 6.45) is 0.641. The van der Waals surface area contributed by atoms with E-state index in [9.17, 15) is 9.59 Å². The van der Waals surface area contributed by atoms with Gasteiger partial charge in [0.2, 0.25) is 0 Å². The number of carboxylic acids is 1. The van der Waals surface area contributed by atoms with Crippen LogP contribution in [0.25, 0.3) is 0 Å². The molecule has 0 saturated heterocycles. The van der Waals surface area contributed by atoms with Crippen molar-refractivity contribution < 1.29 is 19.4 Å². The third-order valence-corrected chi connectivity index (χ3v) is 3.32. The van der Waals surface area contributed by atoms with Crippen molar-refractivity contribution in [2.75, 3.05) is 6.61 Å². The fourth-order valence-electron chi connectivity index (χ4n) is 1.99. The van der Waals surface area contributed by atoms with Crippen molar-refractivity contribution in [2.45, 2.75) is 54.9 Å². The molecule has 0 aromatic carbocycles. The van der Waals surface area contributed by atoms with Gasteiger partial charge in [0.25, 0.3) is 0 Å². The van der Waals surface area contributed by atoms with E-state index in [1.54, 1.807) is 0 Å². The van der Waals surface area contributed by atoms with E-state index in [-0.39, 0.29) is 10.8 Å². The van der Waals surface area contributed by atoms with Crippen LogP contribution in [0.1, 0.15) is 54.9 Å². The first-order valence-corrected chi connectivity index (χ1v) is 6.19. The standard InChI is InChI=1S/C14H26O4/c1-12(2,3)9-14(7,13(4,5)6)11(17)18-8-10(15)16/h8-9H2,1-7H3,(H,15,16). The minimum Gasteiger partial charge on any atom is -0.479 e. The molecule has 0 aliphatic heterocycles. The maximum absolute atomic E-state index is 12.2. The molecule has 0 aliphatic carbocycles. The van der Waals surface area contributed by atoms with Gasteiger partial charge in [-0.25, -0.2) is 4.79 Å². The van der Waals surface area contributed by atoms with E-state index in [1.165, 1.54) is 0 Å². The zero-order chi connectivity index (χ0) is 14.8. The molecule has 4 heteroatoms. The molecule has 0 bridgehead atoms. The Kier molecular flexibility index (Phi) is 4.98. The van der Waals surface area contributed by atoms with Gasteiger partial charge in [0.15, 0.2) is 6.61 Å². The molecule has 0 aliphatic rings. The summed E-state index contributed by atoms with van der Waals surface area (Å²) >= 11 is 0. The number of hydrogen-bond acceptors (Lipinski definition) is 3. The first-order chi connectivity index (χ1) is 7.79. The fraction of sp³-hybridized carbons (Fsp3) is 0.857. The first kappa shape index (κ1) is 16.9. The highest BCUT2D eigenvalue weighted by atomic mass is 16.6. The summed E-state index contributed by atoms with van der Waals surface area (Å²) in [5, 5.41) is 8.59. The average Bonchev–Trinajstić information content (AvgIpc) is 2.09. The molecule has 0 saturated carbocycles. The van der Waals surface area contributed by atoms with Gasteiger partial charge in [0.05, 0.1) is 5.41 Å². The molecule has 0 aromatic heterocycles. The molecule has 0 amide bonds. The smallest absolute Gasteiger partial charge is 0.341 e. The van der Waals surface area contributed by atoms with Crippen LogP contribution in [0.3, 0.4) is 0 Å². The van der Waals surface area contributed by atoms with Crippen molar-refractivity contribution in [3.63, 3.8) is 0 Å². The molecule has 0 radical (unpaired) electrons. The van der Waals surface area contributed by atoms with E-state index >= 15 is 0 Å². The van der Waals surface area contributed by atoms with Gasteiger partial charge in [-0.15, -0.1) is 0 Å². The molecule has 0 spiro atoms. The summed E-state index contributed by atoms with van der Waals surface area (Å²) in [5.74, 6) is -1.57. The summed E-state index contributed by atoms with van der Waals surface area (Å²) in [6.45, 7) is 13.4. The number of carbonyl (C=O) groups excluding carboxylic acids is 1. The third kappa shape index (κ3) is 4.67. The molecule has 1 atom stereocenters. The van der Waals surface area contributed by atoms with Crippen molar-refractivity contribution in [2.24, 2.45) is 16.2 Å². The molecular formula is C14H26O4. The minimum absolute atomic E-state index is 0.0374. The largest absolute Gasteiger partial charge is 0.479 e. The molecular weight excluding hydrogens is 232 g/mol. The number of rotatable bonds is 4. The lowest BCUT2D eigenvalue weighted by Gasteiger charge is -2.43. The number of aliphatic carboxylic acids is 1. The lowest BCUT2D eigenvalue weighted by Crippen LogP contribution is -2.44. The van der Waals surface area contributed by atoms with E-state index in [1.807, 2.05) is 27.7 Å². The predicted octanol–water partition coefficient (Wildman–Crippen LogP) is 3.10. The molecule has 0 heterocycles. The van der Waals surface area contributed by atoms with Crippen LogP contribution in [0.2, 0.25) is 0 Å². The first-order valence-electron chi connectivity index (χ1n) is 6.19. The van der Waals surface area contributed by atoms with Gasteiger partial charge in [0.1, 0.15) is 0 Å². The topological polar surface area (TPSA) is 63.6 Å². The van der Waals surface area contributed by atoms with Gasteiger partial charge in [0, 0.05) is 0 Å². The van der Waals surface area contributed by atoms with Gasteiger partial charge < -0.3 is 9.84 Å². The van der Waals surface area contributed by atoms with Crippen LogP contribution in [0.15, 0.2) is 0 Å². The Morgan fingerprint density at radius 1 is 1.00 bits per heavy atom. The summed E-state index contributed by atoms with van der Waals surface area (Å²) < 4.78 is 4.90. The fourth-order valence-corrected chi connectivity index (χ4v) is 1.99. The minimum atomic E-state index is -1.13. The number of esters is 1. The van der Waals surface area contributed by atoms with Gasteiger partial charge in [-0.2, -0.15) is 0 Å². The normalized spacial score (nSPS) is 15.9. The van der Waals surface area contributed by atoms with E-state index in [0.717, 1.165) is 0 Å². The molecule has 0 rings (SSSR count). The monoisotopic (exact) mass is 258 g/mol. The van der Waals surface area contributed by atoms with Gasteiger partial charge in [-0.05, 0) is 24.2 Å². The summed E-state index contributed by atoms with van der Waals surface area (Å²) in [4.78, 5) is 22.7. The Labute approximate surface area is 110 Å². The van der Waals surface area contributed by atoms with Gasteiger partial charge >= 0.3 is 11.9 Å². The van der Waals surface area contributed by atoms with Crippen LogP contribution in [0.5, 0.6) is 0 Å². The summed E-state index contributed by atoms with van der Waals surface area (Å²) in [6, 6.07) is 0. The Hall–Kier alpha value is -1.06. The maximum Gasteiger partial charge on any atom is 0.341 e. The van der Waals surface area contributed by atoms with Crippen molar-refractivity contribution in [1.82, 2.24) is 0 Å². The zero-order valence-electron chi connectivity index (χ0n) is 12.6. The maximum atomic E-state index is 12.2. The molecule has 4 nitrogen and oxygen atoms in total. The van der Waals surface area contributed by atoms with Crippen LogP contribution in [0.4, 0.5) is 0 Å². The Morgan fingerprint density at radius 2 is 1.44 bits per heavy atom. The number of ether oxygens (including phenoxy) is 1. The highest BCUT2D eigenvalue weighted by Crippen LogP contribution is 2.47. The van der Waals surface area contributed by atoms with Crippen LogP contribution in [-0.4, -0.2) is 23.7 Å². The molecule has 18 heavy (non-hydrogen) atoms. The zero-order valence-corrected chi connectivity index (χ0v) is 12.6. The van der Waals surface area contributed by atoms with E-state index in [0.29, 0.717) is 6.42 Å².